The van der Waals surface area contributed by atoms with Crippen LogP contribution in [0.25, 0.3) is 0 Å². The van der Waals surface area contributed by atoms with Gasteiger partial charge in [-0.3, -0.25) is 4.79 Å². The number of aryl methyl sites for hydroxylation is 2. The predicted octanol–water partition coefficient (Wildman–Crippen LogP) is 2.34. The fraction of sp³-hybridized carbons (Fsp3) is 0.571. The van der Waals surface area contributed by atoms with E-state index in [2.05, 4.69) is 0 Å². The van der Waals surface area contributed by atoms with Crippen molar-refractivity contribution in [2.45, 2.75) is 33.6 Å². The molecule has 4 nitrogen and oxygen atoms in total. The number of nitrogens with zero attached hydrogens (tertiary/aromatic N) is 1. The first kappa shape index (κ1) is 14.1. The van der Waals surface area contributed by atoms with E-state index in [0.717, 1.165) is 24.2 Å². The Hall–Kier alpha value is -1.36. The molecule has 0 atom stereocenters. The molecule has 1 amide bonds. The molecule has 19 heavy (non-hydrogen) atoms. The average Bonchev–Trinajstić information content (AvgIpc) is 2.62. The molecule has 2 heterocycles. The Morgan fingerprint density at radius 2 is 1.84 bits per heavy atom. The molecule has 0 unspecified atom stereocenters. The van der Waals surface area contributed by atoms with Crippen LogP contribution in [0.5, 0.6) is 0 Å². The van der Waals surface area contributed by atoms with Gasteiger partial charge >= 0.3 is 0 Å². The second-order valence-electron chi connectivity index (χ2n) is 5.18. The summed E-state index contributed by atoms with van der Waals surface area (Å²) >= 11 is 5.02. The Bertz CT molecular complexity index is 514. The molecule has 1 fully saturated rings. The van der Waals surface area contributed by atoms with Crippen molar-refractivity contribution in [1.29, 1.82) is 0 Å². The van der Waals surface area contributed by atoms with Crippen molar-refractivity contribution in [3.63, 3.8) is 0 Å². The average molecular weight is 280 g/mol. The van der Waals surface area contributed by atoms with Crippen LogP contribution in [0.3, 0.4) is 0 Å². The Kier molecular flexibility index (Phi) is 3.94. The number of carbonyl (C=O) groups is 1. The number of hydrogen-bond acceptors (Lipinski definition) is 3. The van der Waals surface area contributed by atoms with Gasteiger partial charge in [-0.15, -0.1) is 0 Å². The topological polar surface area (TPSA) is 59.5 Å². The molecule has 1 aromatic rings. The Morgan fingerprint density at radius 3 is 2.26 bits per heavy atom. The predicted molar refractivity (Wildman–Crippen MR) is 78.3 cm³/mol. The lowest BCUT2D eigenvalue weighted by atomic mass is 9.96. The van der Waals surface area contributed by atoms with Gasteiger partial charge in [-0.05, 0) is 33.6 Å². The fourth-order valence-corrected chi connectivity index (χ4v) is 2.87. The van der Waals surface area contributed by atoms with Crippen LogP contribution >= 0.6 is 12.2 Å². The molecular formula is C14H20N2O2S. The van der Waals surface area contributed by atoms with Crippen LogP contribution in [-0.4, -0.2) is 28.9 Å². The minimum Gasteiger partial charge on any atom is -0.466 e. The number of carbonyl (C=O) groups excluding carboxylic acids is 1. The van der Waals surface area contributed by atoms with E-state index in [4.69, 9.17) is 22.4 Å². The van der Waals surface area contributed by atoms with Crippen molar-refractivity contribution >= 4 is 23.1 Å². The lowest BCUT2D eigenvalue weighted by Gasteiger charge is -2.31. The number of piperidine rings is 1. The highest BCUT2D eigenvalue weighted by Crippen LogP contribution is 2.25. The number of amides is 1. The monoisotopic (exact) mass is 280 g/mol. The second-order valence-corrected chi connectivity index (χ2v) is 5.65. The van der Waals surface area contributed by atoms with Crippen LogP contribution in [0.1, 0.15) is 40.3 Å². The quantitative estimate of drug-likeness (QED) is 0.845. The van der Waals surface area contributed by atoms with Gasteiger partial charge in [0.2, 0.25) is 0 Å². The molecular weight excluding hydrogens is 260 g/mol. The first-order valence-electron chi connectivity index (χ1n) is 6.57. The third kappa shape index (κ3) is 2.66. The minimum absolute atomic E-state index is 0.0632. The number of likely N-dealkylation sites (tertiary alicyclic amines) is 1. The van der Waals surface area contributed by atoms with E-state index in [0.29, 0.717) is 29.4 Å². The van der Waals surface area contributed by atoms with Gasteiger partial charge in [0.1, 0.15) is 11.5 Å². The number of thiocarbonyl (C=S) groups is 1. The van der Waals surface area contributed by atoms with Gasteiger partial charge in [-0.25, -0.2) is 0 Å². The summed E-state index contributed by atoms with van der Waals surface area (Å²) in [6.45, 7) is 7.09. The summed E-state index contributed by atoms with van der Waals surface area (Å²) in [6.07, 6.45) is 1.71. The summed E-state index contributed by atoms with van der Waals surface area (Å²) in [7, 11) is 0. The van der Waals surface area contributed by atoms with Gasteiger partial charge in [-0.1, -0.05) is 12.2 Å². The molecule has 0 spiro atoms. The molecule has 104 valence electrons. The van der Waals surface area contributed by atoms with Crippen molar-refractivity contribution in [1.82, 2.24) is 4.90 Å². The molecule has 0 radical (unpaired) electrons. The van der Waals surface area contributed by atoms with Crippen molar-refractivity contribution in [2.75, 3.05) is 13.1 Å². The number of rotatable bonds is 2. The molecule has 0 bridgehead atoms. The van der Waals surface area contributed by atoms with Crippen molar-refractivity contribution in [3.05, 3.63) is 22.6 Å². The van der Waals surface area contributed by atoms with Gasteiger partial charge in [0.05, 0.1) is 10.6 Å². The normalized spacial score (nSPS) is 16.7. The maximum atomic E-state index is 12.5. The SMILES string of the molecule is Cc1oc(C)c(C(=O)N2CCC(C(N)=S)CC2)c1C. The van der Waals surface area contributed by atoms with Gasteiger partial charge in [-0.2, -0.15) is 0 Å². The zero-order valence-electron chi connectivity index (χ0n) is 11.7. The van der Waals surface area contributed by atoms with Crippen LogP contribution in [0.4, 0.5) is 0 Å². The molecule has 1 aromatic heterocycles. The lowest BCUT2D eigenvalue weighted by Crippen LogP contribution is -2.41. The molecule has 2 rings (SSSR count). The van der Waals surface area contributed by atoms with E-state index >= 15 is 0 Å². The molecule has 1 aliphatic rings. The summed E-state index contributed by atoms with van der Waals surface area (Å²) in [4.78, 5) is 15.0. The first-order valence-corrected chi connectivity index (χ1v) is 6.97. The van der Waals surface area contributed by atoms with Crippen LogP contribution in [0.2, 0.25) is 0 Å². The molecule has 0 aromatic carbocycles. The van der Waals surface area contributed by atoms with E-state index in [1.54, 1.807) is 0 Å². The van der Waals surface area contributed by atoms with E-state index in [1.807, 2.05) is 25.7 Å². The summed E-state index contributed by atoms with van der Waals surface area (Å²) in [5.41, 5.74) is 7.32. The zero-order chi connectivity index (χ0) is 14.2. The minimum atomic E-state index is 0.0632. The highest BCUT2D eigenvalue weighted by molar-refractivity contribution is 7.80. The number of furan rings is 1. The summed E-state index contributed by atoms with van der Waals surface area (Å²) in [6, 6.07) is 0. The van der Waals surface area contributed by atoms with Gasteiger partial charge in [0.15, 0.2) is 0 Å². The lowest BCUT2D eigenvalue weighted by molar-refractivity contribution is 0.0708. The van der Waals surface area contributed by atoms with Crippen LogP contribution < -0.4 is 5.73 Å². The van der Waals surface area contributed by atoms with Gasteiger partial charge in [0, 0.05) is 24.6 Å². The van der Waals surface area contributed by atoms with E-state index < -0.39 is 0 Å². The third-order valence-corrected chi connectivity index (χ3v) is 4.29. The van der Waals surface area contributed by atoms with Crippen LogP contribution in [0, 0.1) is 26.7 Å². The molecule has 2 N–H and O–H groups in total. The van der Waals surface area contributed by atoms with Crippen LogP contribution in [0.15, 0.2) is 4.42 Å². The molecule has 1 saturated heterocycles. The van der Waals surface area contributed by atoms with E-state index in [9.17, 15) is 4.79 Å². The summed E-state index contributed by atoms with van der Waals surface area (Å²) < 4.78 is 5.53. The molecule has 0 aliphatic carbocycles. The van der Waals surface area contributed by atoms with Gasteiger partial charge in [0.25, 0.3) is 5.91 Å². The zero-order valence-corrected chi connectivity index (χ0v) is 12.5. The molecule has 0 saturated carbocycles. The number of nitrogens with two attached hydrogens (primary N) is 1. The highest BCUT2D eigenvalue weighted by Gasteiger charge is 2.28. The number of hydrogen-bond donors (Lipinski definition) is 1. The summed E-state index contributed by atoms with van der Waals surface area (Å²) in [5, 5.41) is 0. The largest absolute Gasteiger partial charge is 0.466 e. The van der Waals surface area contributed by atoms with E-state index in [1.165, 1.54) is 0 Å². The van der Waals surface area contributed by atoms with Crippen molar-refractivity contribution in [2.24, 2.45) is 11.7 Å². The highest BCUT2D eigenvalue weighted by atomic mass is 32.1. The Balaban J connectivity index is 2.12. The Morgan fingerprint density at radius 1 is 1.26 bits per heavy atom. The maximum absolute atomic E-state index is 12.5. The van der Waals surface area contributed by atoms with Crippen molar-refractivity contribution in [3.8, 4) is 0 Å². The van der Waals surface area contributed by atoms with Crippen molar-refractivity contribution < 1.29 is 9.21 Å². The fourth-order valence-electron chi connectivity index (χ4n) is 2.63. The Labute approximate surface area is 118 Å². The smallest absolute Gasteiger partial charge is 0.257 e. The van der Waals surface area contributed by atoms with Gasteiger partial charge < -0.3 is 15.1 Å². The second kappa shape index (κ2) is 5.33. The molecule has 1 aliphatic heterocycles. The van der Waals surface area contributed by atoms with E-state index in [-0.39, 0.29) is 11.8 Å². The van der Waals surface area contributed by atoms with Crippen LogP contribution in [-0.2, 0) is 0 Å². The maximum Gasteiger partial charge on any atom is 0.257 e. The third-order valence-electron chi connectivity index (χ3n) is 3.96. The standard InChI is InChI=1S/C14H20N2O2S/c1-8-9(2)18-10(3)12(8)14(17)16-6-4-11(5-7-16)13(15)19/h11H,4-7H2,1-3H3,(H2,15,19). The first-order chi connectivity index (χ1) is 8.91. The molecule has 5 heteroatoms. The summed E-state index contributed by atoms with van der Waals surface area (Å²) in [5.74, 6) is 1.86.